The fourth-order valence-electron chi connectivity index (χ4n) is 5.91. The molecule has 8 heteroatoms. The van der Waals surface area contributed by atoms with Crippen LogP contribution >= 0.6 is 0 Å². The van der Waals surface area contributed by atoms with Gasteiger partial charge in [-0.3, -0.25) is 19.2 Å². The molecule has 0 saturated heterocycles. The number of para-hydroxylation sites is 2. The van der Waals surface area contributed by atoms with E-state index in [1.54, 1.807) is 58.3 Å². The van der Waals surface area contributed by atoms with Crippen molar-refractivity contribution in [3.05, 3.63) is 120 Å². The maximum atomic E-state index is 13.1. The van der Waals surface area contributed by atoms with Crippen molar-refractivity contribution in [1.82, 2.24) is 0 Å². The van der Waals surface area contributed by atoms with Crippen LogP contribution in [0.25, 0.3) is 0 Å². The summed E-state index contributed by atoms with van der Waals surface area (Å²) in [5.41, 5.74) is 4.04. The second-order valence-corrected chi connectivity index (χ2v) is 11.5. The highest BCUT2D eigenvalue weighted by molar-refractivity contribution is 6.07. The third kappa shape index (κ3) is 7.69. The molecule has 0 aliphatic heterocycles. The molecule has 4 aromatic rings. The SMILES string of the molecule is CCN(C(=O)c1ccc(NC(=O)C2CCC(C(=O)Nc3ccc(C(=O)N(CC)c4ccccc4)cc3)CC2)cc1)c1ccccc1. The van der Waals surface area contributed by atoms with Crippen LogP contribution in [0.5, 0.6) is 0 Å². The standard InChI is InChI=1S/C38H40N4O4/c1-3-41(33-11-7-5-8-12-33)37(45)29-19-23-31(24-20-29)39-35(43)27-15-17-28(18-16-27)36(44)40-32-25-21-30(22-26-32)38(46)42(4-2)34-13-9-6-10-14-34/h5-14,19-28H,3-4,15-18H2,1-2H3,(H,39,43)(H,40,44). The van der Waals surface area contributed by atoms with Crippen LogP contribution in [0.1, 0.15) is 60.2 Å². The van der Waals surface area contributed by atoms with Gasteiger partial charge in [0.1, 0.15) is 0 Å². The first kappa shape index (κ1) is 32.2. The summed E-state index contributed by atoms with van der Waals surface area (Å²) in [4.78, 5) is 55.6. The number of carbonyl (C=O) groups excluding carboxylic acids is 4. The molecule has 0 unspecified atom stereocenters. The van der Waals surface area contributed by atoms with Gasteiger partial charge >= 0.3 is 0 Å². The number of hydrogen-bond acceptors (Lipinski definition) is 4. The van der Waals surface area contributed by atoms with Crippen molar-refractivity contribution in [2.24, 2.45) is 11.8 Å². The van der Waals surface area contributed by atoms with Crippen LogP contribution in [0.3, 0.4) is 0 Å². The van der Waals surface area contributed by atoms with Crippen molar-refractivity contribution < 1.29 is 19.2 Å². The molecule has 1 aliphatic carbocycles. The van der Waals surface area contributed by atoms with Gasteiger partial charge in [-0.15, -0.1) is 0 Å². The third-order valence-electron chi connectivity index (χ3n) is 8.53. The van der Waals surface area contributed by atoms with Gasteiger partial charge in [0.15, 0.2) is 0 Å². The highest BCUT2D eigenvalue weighted by Crippen LogP contribution is 2.31. The van der Waals surface area contributed by atoms with Gasteiger partial charge in [-0.05, 0) is 112 Å². The molecule has 46 heavy (non-hydrogen) atoms. The molecule has 1 saturated carbocycles. The van der Waals surface area contributed by atoms with E-state index in [0.29, 0.717) is 61.3 Å². The van der Waals surface area contributed by atoms with Crippen LogP contribution in [0.4, 0.5) is 22.7 Å². The quantitative estimate of drug-likeness (QED) is 0.194. The molecule has 0 radical (unpaired) electrons. The summed E-state index contributed by atoms with van der Waals surface area (Å²) >= 11 is 0. The summed E-state index contributed by atoms with van der Waals surface area (Å²) in [6, 6.07) is 33.0. The van der Waals surface area contributed by atoms with Gasteiger partial charge in [0.2, 0.25) is 11.8 Å². The first-order valence-corrected chi connectivity index (χ1v) is 15.9. The Labute approximate surface area is 270 Å². The highest BCUT2D eigenvalue weighted by atomic mass is 16.2. The number of nitrogens with zero attached hydrogens (tertiary/aromatic N) is 2. The predicted octanol–water partition coefficient (Wildman–Crippen LogP) is 7.40. The highest BCUT2D eigenvalue weighted by Gasteiger charge is 2.30. The van der Waals surface area contributed by atoms with E-state index in [9.17, 15) is 19.2 Å². The first-order valence-electron chi connectivity index (χ1n) is 15.9. The lowest BCUT2D eigenvalue weighted by atomic mass is 9.81. The van der Waals surface area contributed by atoms with Crippen LogP contribution in [-0.2, 0) is 9.59 Å². The molecule has 8 nitrogen and oxygen atoms in total. The van der Waals surface area contributed by atoms with Crippen LogP contribution in [-0.4, -0.2) is 36.7 Å². The summed E-state index contributed by atoms with van der Waals surface area (Å²) in [5, 5.41) is 5.96. The Kier molecular flexibility index (Phi) is 10.6. The zero-order valence-corrected chi connectivity index (χ0v) is 26.3. The average molecular weight is 617 g/mol. The van der Waals surface area contributed by atoms with Gasteiger partial charge in [-0.2, -0.15) is 0 Å². The molecule has 5 rings (SSSR count). The lowest BCUT2D eigenvalue weighted by Gasteiger charge is -2.27. The van der Waals surface area contributed by atoms with Crippen molar-refractivity contribution >= 4 is 46.4 Å². The zero-order chi connectivity index (χ0) is 32.5. The third-order valence-corrected chi connectivity index (χ3v) is 8.53. The first-order chi connectivity index (χ1) is 22.4. The summed E-state index contributed by atoms with van der Waals surface area (Å²) in [6.45, 7) is 4.96. The molecule has 4 amide bonds. The average Bonchev–Trinajstić information content (AvgIpc) is 3.10. The molecule has 1 aliphatic rings. The second kappa shape index (κ2) is 15.2. The van der Waals surface area contributed by atoms with Gasteiger partial charge in [-0.1, -0.05) is 36.4 Å². The van der Waals surface area contributed by atoms with E-state index in [4.69, 9.17) is 0 Å². The Morgan fingerprint density at radius 3 is 1.15 bits per heavy atom. The number of rotatable bonds is 10. The Hall–Kier alpha value is -5.24. The molecular formula is C38H40N4O4. The Morgan fingerprint density at radius 1 is 0.522 bits per heavy atom. The Balaban J connectivity index is 1.09. The van der Waals surface area contributed by atoms with Crippen molar-refractivity contribution in [3.8, 4) is 0 Å². The van der Waals surface area contributed by atoms with Crippen molar-refractivity contribution in [1.29, 1.82) is 0 Å². The second-order valence-electron chi connectivity index (χ2n) is 11.5. The molecular weight excluding hydrogens is 576 g/mol. The van der Waals surface area contributed by atoms with E-state index in [1.807, 2.05) is 74.5 Å². The van der Waals surface area contributed by atoms with Crippen molar-refractivity contribution in [3.63, 3.8) is 0 Å². The van der Waals surface area contributed by atoms with E-state index in [2.05, 4.69) is 10.6 Å². The minimum Gasteiger partial charge on any atom is -0.326 e. The minimum absolute atomic E-state index is 0.0747. The number of hydrogen-bond donors (Lipinski definition) is 2. The number of amides is 4. The topological polar surface area (TPSA) is 98.8 Å². The van der Waals surface area contributed by atoms with Gasteiger partial charge in [0.25, 0.3) is 11.8 Å². The van der Waals surface area contributed by atoms with Crippen molar-refractivity contribution in [2.75, 3.05) is 33.5 Å². The van der Waals surface area contributed by atoms with Gasteiger partial charge < -0.3 is 20.4 Å². The zero-order valence-electron chi connectivity index (χ0n) is 26.3. The van der Waals surface area contributed by atoms with Gasteiger partial charge in [0, 0.05) is 58.8 Å². The molecule has 0 aromatic heterocycles. The number of anilines is 4. The number of carbonyl (C=O) groups is 4. The molecule has 0 atom stereocenters. The molecule has 2 N–H and O–H groups in total. The van der Waals surface area contributed by atoms with E-state index < -0.39 is 0 Å². The van der Waals surface area contributed by atoms with Crippen LogP contribution in [0, 0.1) is 11.8 Å². The molecule has 0 spiro atoms. The smallest absolute Gasteiger partial charge is 0.258 e. The molecule has 0 bridgehead atoms. The molecule has 0 heterocycles. The summed E-state index contributed by atoms with van der Waals surface area (Å²) in [6.07, 6.45) is 2.46. The Bertz CT molecular complexity index is 1510. The maximum absolute atomic E-state index is 13.1. The van der Waals surface area contributed by atoms with Crippen LogP contribution in [0.15, 0.2) is 109 Å². The summed E-state index contributed by atoms with van der Waals surface area (Å²) in [5.74, 6) is -0.716. The normalized spacial score (nSPS) is 15.8. The molecule has 1 fully saturated rings. The van der Waals surface area contributed by atoms with Crippen molar-refractivity contribution in [2.45, 2.75) is 39.5 Å². The Morgan fingerprint density at radius 2 is 0.848 bits per heavy atom. The van der Waals surface area contributed by atoms with E-state index in [1.165, 1.54) is 0 Å². The van der Waals surface area contributed by atoms with E-state index in [-0.39, 0.29) is 35.5 Å². The van der Waals surface area contributed by atoms with Crippen LogP contribution < -0.4 is 20.4 Å². The van der Waals surface area contributed by atoms with Gasteiger partial charge in [-0.25, -0.2) is 0 Å². The molecule has 236 valence electrons. The summed E-state index contributed by atoms with van der Waals surface area (Å²) in [7, 11) is 0. The number of benzene rings is 4. The number of nitrogens with one attached hydrogen (secondary N) is 2. The van der Waals surface area contributed by atoms with Gasteiger partial charge in [0.05, 0.1) is 0 Å². The molecule has 4 aromatic carbocycles. The maximum Gasteiger partial charge on any atom is 0.258 e. The lowest BCUT2D eigenvalue weighted by molar-refractivity contribution is -0.125. The lowest BCUT2D eigenvalue weighted by Crippen LogP contribution is -2.32. The monoisotopic (exact) mass is 616 g/mol. The fourth-order valence-corrected chi connectivity index (χ4v) is 5.91. The predicted molar refractivity (Wildman–Crippen MR) is 183 cm³/mol. The largest absolute Gasteiger partial charge is 0.326 e. The minimum atomic E-state index is -0.185. The fraction of sp³-hybridized carbons (Fsp3) is 0.263. The summed E-state index contributed by atoms with van der Waals surface area (Å²) < 4.78 is 0. The van der Waals surface area contributed by atoms with E-state index >= 15 is 0 Å². The van der Waals surface area contributed by atoms with E-state index in [0.717, 1.165) is 11.4 Å². The van der Waals surface area contributed by atoms with Crippen LogP contribution in [0.2, 0.25) is 0 Å².